The number of aliphatic carboxylic acids is 1. The predicted molar refractivity (Wildman–Crippen MR) is 58.8 cm³/mol. The maximum absolute atomic E-state index is 11.5. The highest BCUT2D eigenvalue weighted by molar-refractivity contribution is 7.93. The second kappa shape index (κ2) is 6.47. The van der Waals surface area contributed by atoms with Crippen LogP contribution in [0.5, 0.6) is 0 Å². The molecule has 1 unspecified atom stereocenters. The molecule has 0 spiro atoms. The van der Waals surface area contributed by atoms with Crippen LogP contribution in [0.1, 0.15) is 26.7 Å². The fourth-order valence-electron chi connectivity index (χ4n) is 1.18. The largest absolute Gasteiger partial charge is 0.480 e. The van der Waals surface area contributed by atoms with E-state index in [1.54, 1.807) is 0 Å². The third kappa shape index (κ3) is 4.61. The molecule has 0 saturated carbocycles. The van der Waals surface area contributed by atoms with Gasteiger partial charge in [0.15, 0.2) is 15.1 Å². The maximum Gasteiger partial charge on any atom is 0.321 e. The minimum absolute atomic E-state index is 0.0429. The van der Waals surface area contributed by atoms with Crippen molar-refractivity contribution >= 4 is 21.7 Å². The second-order valence-electron chi connectivity index (χ2n) is 3.39. The van der Waals surface area contributed by atoms with Crippen LogP contribution in [-0.2, 0) is 19.4 Å². The van der Waals surface area contributed by atoms with Gasteiger partial charge < -0.3 is 10.4 Å². The van der Waals surface area contributed by atoms with E-state index < -0.39 is 32.7 Å². The summed E-state index contributed by atoms with van der Waals surface area (Å²) in [7, 11) is -3.91. The Labute approximate surface area is 95.0 Å². The third-order valence-electron chi connectivity index (χ3n) is 1.98. The van der Waals surface area contributed by atoms with Gasteiger partial charge in [-0.15, -0.1) is 0 Å². The third-order valence-corrected chi connectivity index (χ3v) is 4.05. The molecule has 0 aromatic heterocycles. The molecule has 1 amide bonds. The molecule has 0 aliphatic carbocycles. The first-order valence-corrected chi connectivity index (χ1v) is 6.77. The first kappa shape index (κ1) is 14.9. The Kier molecular flexibility index (Phi) is 6.02. The van der Waals surface area contributed by atoms with Gasteiger partial charge in [-0.2, -0.15) is 0 Å². The molecule has 0 aliphatic heterocycles. The predicted octanol–water partition coefficient (Wildman–Crippen LogP) is -0.209. The number of nitrogens with one attached hydrogen (secondary N) is 1. The van der Waals surface area contributed by atoms with E-state index in [1.807, 2.05) is 6.92 Å². The molecule has 6 nitrogen and oxygen atoms in total. The lowest BCUT2D eigenvalue weighted by atomic mass is 10.3. The van der Waals surface area contributed by atoms with E-state index in [2.05, 4.69) is 5.32 Å². The van der Waals surface area contributed by atoms with E-state index in [0.717, 1.165) is 0 Å². The van der Waals surface area contributed by atoms with Crippen molar-refractivity contribution in [1.82, 2.24) is 5.32 Å². The number of hydrogen-bond acceptors (Lipinski definition) is 4. The van der Waals surface area contributed by atoms with Crippen molar-refractivity contribution in [2.75, 3.05) is 12.3 Å². The summed E-state index contributed by atoms with van der Waals surface area (Å²) in [6.07, 6.45) is 0.653. The van der Waals surface area contributed by atoms with Gasteiger partial charge >= 0.3 is 5.97 Å². The van der Waals surface area contributed by atoms with E-state index in [4.69, 9.17) is 5.11 Å². The summed E-state index contributed by atoms with van der Waals surface area (Å²) in [6, 6.07) is 0. The average molecular weight is 251 g/mol. The van der Waals surface area contributed by atoms with Crippen molar-refractivity contribution in [1.29, 1.82) is 0 Å². The SMILES string of the molecule is CCCNC(=O)CS(=O)(=O)C(CC)C(=O)O. The van der Waals surface area contributed by atoms with E-state index in [-0.39, 0.29) is 6.42 Å². The number of carbonyl (C=O) groups is 2. The summed E-state index contributed by atoms with van der Waals surface area (Å²) in [5, 5.41) is 9.58. The van der Waals surface area contributed by atoms with Gasteiger partial charge in [0, 0.05) is 6.54 Å². The smallest absolute Gasteiger partial charge is 0.321 e. The van der Waals surface area contributed by atoms with Crippen molar-refractivity contribution in [2.24, 2.45) is 0 Å². The number of carboxylic acid groups (broad SMARTS) is 1. The number of rotatable bonds is 7. The fourth-order valence-corrected chi connectivity index (χ4v) is 2.66. The average Bonchev–Trinajstić information content (AvgIpc) is 2.13. The van der Waals surface area contributed by atoms with E-state index in [1.165, 1.54) is 6.92 Å². The highest BCUT2D eigenvalue weighted by Gasteiger charge is 2.32. The summed E-state index contributed by atoms with van der Waals surface area (Å²) in [6.45, 7) is 3.68. The molecular formula is C9H17NO5S. The van der Waals surface area contributed by atoms with Crippen LogP contribution in [-0.4, -0.2) is 42.9 Å². The lowest BCUT2D eigenvalue weighted by Gasteiger charge is -2.11. The van der Waals surface area contributed by atoms with Crippen molar-refractivity contribution in [3.63, 3.8) is 0 Å². The molecule has 1 atom stereocenters. The standard InChI is InChI=1S/C9H17NO5S/c1-3-5-10-8(11)6-16(14,15)7(4-2)9(12)13/h7H,3-6H2,1-2H3,(H,10,11)(H,12,13). The number of sulfone groups is 1. The van der Waals surface area contributed by atoms with Gasteiger partial charge in [0.25, 0.3) is 0 Å². The Morgan fingerprint density at radius 3 is 2.25 bits per heavy atom. The summed E-state index contributed by atoms with van der Waals surface area (Å²) in [4.78, 5) is 21.8. The van der Waals surface area contributed by atoms with Crippen LogP contribution >= 0.6 is 0 Å². The number of amides is 1. The van der Waals surface area contributed by atoms with Crippen molar-refractivity contribution in [2.45, 2.75) is 31.9 Å². The number of carbonyl (C=O) groups excluding carboxylic acids is 1. The highest BCUT2D eigenvalue weighted by Crippen LogP contribution is 2.07. The Bertz CT molecular complexity index is 349. The molecule has 0 fully saturated rings. The van der Waals surface area contributed by atoms with Gasteiger partial charge in [0.05, 0.1) is 0 Å². The van der Waals surface area contributed by atoms with Crippen LogP contribution in [0.4, 0.5) is 0 Å². The van der Waals surface area contributed by atoms with Crippen LogP contribution in [0, 0.1) is 0 Å². The van der Waals surface area contributed by atoms with Gasteiger partial charge in [-0.25, -0.2) is 8.42 Å². The summed E-state index contributed by atoms with van der Waals surface area (Å²) < 4.78 is 23.1. The number of hydrogen-bond donors (Lipinski definition) is 2. The highest BCUT2D eigenvalue weighted by atomic mass is 32.2. The van der Waals surface area contributed by atoms with E-state index in [0.29, 0.717) is 13.0 Å². The van der Waals surface area contributed by atoms with Gasteiger partial charge in [-0.05, 0) is 12.8 Å². The molecule has 16 heavy (non-hydrogen) atoms. The lowest BCUT2D eigenvalue weighted by Crippen LogP contribution is -2.38. The van der Waals surface area contributed by atoms with Gasteiger partial charge in [0.2, 0.25) is 5.91 Å². The van der Waals surface area contributed by atoms with Crippen molar-refractivity contribution < 1.29 is 23.1 Å². The molecule has 0 aliphatic rings. The molecule has 0 heterocycles. The van der Waals surface area contributed by atoms with Crippen LogP contribution in [0.25, 0.3) is 0 Å². The Morgan fingerprint density at radius 2 is 1.88 bits per heavy atom. The quantitative estimate of drug-likeness (QED) is 0.652. The van der Waals surface area contributed by atoms with Crippen molar-refractivity contribution in [3.8, 4) is 0 Å². The summed E-state index contributed by atoms with van der Waals surface area (Å²) in [5.41, 5.74) is 0. The first-order chi connectivity index (χ1) is 7.35. The van der Waals surface area contributed by atoms with Crippen LogP contribution in [0.3, 0.4) is 0 Å². The molecule has 0 radical (unpaired) electrons. The molecule has 94 valence electrons. The summed E-state index contributed by atoms with van der Waals surface area (Å²) in [5.74, 6) is -2.83. The zero-order valence-electron chi connectivity index (χ0n) is 9.39. The van der Waals surface area contributed by atoms with Crippen LogP contribution in [0.15, 0.2) is 0 Å². The minimum atomic E-state index is -3.91. The Hall–Kier alpha value is -1.11. The van der Waals surface area contributed by atoms with E-state index >= 15 is 0 Å². The van der Waals surface area contributed by atoms with Crippen LogP contribution < -0.4 is 5.32 Å². The van der Waals surface area contributed by atoms with Crippen molar-refractivity contribution in [3.05, 3.63) is 0 Å². The minimum Gasteiger partial charge on any atom is -0.480 e. The Morgan fingerprint density at radius 1 is 1.31 bits per heavy atom. The maximum atomic E-state index is 11.5. The van der Waals surface area contributed by atoms with Gasteiger partial charge in [0.1, 0.15) is 5.75 Å². The van der Waals surface area contributed by atoms with E-state index in [9.17, 15) is 18.0 Å². The normalized spacial score (nSPS) is 13.1. The zero-order chi connectivity index (χ0) is 12.8. The molecule has 0 rings (SSSR count). The number of carboxylic acids is 1. The van der Waals surface area contributed by atoms with Gasteiger partial charge in [-0.1, -0.05) is 13.8 Å². The molecule has 7 heteroatoms. The second-order valence-corrected chi connectivity index (χ2v) is 5.58. The topological polar surface area (TPSA) is 101 Å². The van der Waals surface area contributed by atoms with Crippen LogP contribution in [0.2, 0.25) is 0 Å². The fraction of sp³-hybridized carbons (Fsp3) is 0.778. The Balaban J connectivity index is 4.56. The molecule has 0 aromatic rings. The molecule has 0 saturated heterocycles. The lowest BCUT2D eigenvalue weighted by molar-refractivity contribution is -0.136. The monoisotopic (exact) mass is 251 g/mol. The summed E-state index contributed by atoms with van der Waals surface area (Å²) >= 11 is 0. The van der Waals surface area contributed by atoms with Gasteiger partial charge in [-0.3, -0.25) is 9.59 Å². The molecule has 0 bridgehead atoms. The zero-order valence-corrected chi connectivity index (χ0v) is 10.2. The first-order valence-electron chi connectivity index (χ1n) is 5.06. The molecular weight excluding hydrogens is 234 g/mol. The molecule has 0 aromatic carbocycles. The molecule has 2 N–H and O–H groups in total.